The maximum atomic E-state index is 8.78. The summed E-state index contributed by atoms with van der Waals surface area (Å²) in [6.07, 6.45) is 0. The van der Waals surface area contributed by atoms with E-state index in [1.165, 1.54) is 0 Å². The second-order valence-electron chi connectivity index (χ2n) is 0.0891. The summed E-state index contributed by atoms with van der Waals surface area (Å²) < 4.78 is 8.78. The van der Waals surface area contributed by atoms with Gasteiger partial charge >= 0.3 is 55.1 Å². The van der Waals surface area contributed by atoms with Crippen LogP contribution >= 0.6 is 19.7 Å². The first-order valence-electron chi connectivity index (χ1n) is 0.721. The van der Waals surface area contributed by atoms with Gasteiger partial charge in [0.2, 0.25) is 0 Å². The number of halogens is 2. The molecule has 0 saturated carbocycles. The Balaban J connectivity index is 0. The van der Waals surface area contributed by atoms with Gasteiger partial charge in [-0.05, 0) is 0 Å². The van der Waals surface area contributed by atoms with Crippen molar-refractivity contribution in [3.8, 4) is 0 Å². The average Bonchev–Trinajstić information content (AvgIpc) is 1.46. The van der Waals surface area contributed by atoms with E-state index in [4.69, 9.17) is 13.5 Å². The van der Waals surface area contributed by atoms with Crippen LogP contribution in [0, 0.1) is 0 Å². The third-order valence-electron chi connectivity index (χ3n) is 0. The van der Waals surface area contributed by atoms with Gasteiger partial charge in [0.1, 0.15) is 0 Å². The summed E-state index contributed by atoms with van der Waals surface area (Å²) in [6, 6.07) is 0. The van der Waals surface area contributed by atoms with Crippen molar-refractivity contribution >= 4 is 34.0 Å². The number of hydrogen-bond donors (Lipinski definition) is 0. The molecule has 0 saturated heterocycles. The van der Waals surface area contributed by atoms with Gasteiger partial charge in [0, 0.05) is 0 Å². The van der Waals surface area contributed by atoms with Crippen molar-refractivity contribution in [2.24, 2.45) is 0 Å². The minimum absolute atomic E-state index is 0.847. The zero-order chi connectivity index (χ0) is 4.71. The molecule has 0 atom stereocenters. The van der Waals surface area contributed by atoms with E-state index in [2.05, 4.69) is 10.0 Å². The second-order valence-corrected chi connectivity index (χ2v) is 0.802. The molecule has 1 nitrogen and oxygen atoms in total. The van der Waals surface area contributed by atoms with Crippen molar-refractivity contribution in [2.45, 2.75) is 0 Å². The van der Waals surface area contributed by atoms with E-state index in [9.17, 15) is 0 Å². The molecular formula is AlCl2OZn. The van der Waals surface area contributed by atoms with E-state index < -0.39 is 14.2 Å². The van der Waals surface area contributed by atoms with E-state index in [-0.39, 0.29) is 0 Å². The molecule has 0 amide bonds. The van der Waals surface area contributed by atoms with Crippen LogP contribution in [-0.4, -0.2) is 14.2 Å². The SMILES string of the molecule is [Cl][Zn].[O]=[Al][Cl]. The average molecular weight is 179 g/mol. The van der Waals surface area contributed by atoms with Gasteiger partial charge in [0.25, 0.3) is 0 Å². The van der Waals surface area contributed by atoms with Gasteiger partial charge in [0.05, 0.1) is 0 Å². The molecule has 0 aliphatic heterocycles. The number of rotatable bonds is 0. The van der Waals surface area contributed by atoms with Gasteiger partial charge in [-0.2, -0.15) is 0 Å². The van der Waals surface area contributed by atoms with Gasteiger partial charge in [-0.3, -0.25) is 0 Å². The van der Waals surface area contributed by atoms with Crippen LogP contribution < -0.4 is 0 Å². The van der Waals surface area contributed by atoms with Crippen LogP contribution in [0.3, 0.4) is 0 Å². The second kappa shape index (κ2) is 17.7. The van der Waals surface area contributed by atoms with Crippen LogP contribution in [0.4, 0.5) is 0 Å². The summed E-state index contributed by atoms with van der Waals surface area (Å²) in [4.78, 5) is 0. The zero-order valence-electron chi connectivity index (χ0n) is 2.45. The van der Waals surface area contributed by atoms with E-state index >= 15 is 0 Å². The summed E-state index contributed by atoms with van der Waals surface area (Å²) in [5, 5.41) is 0. The fourth-order valence-corrected chi connectivity index (χ4v) is 0. The fraction of sp³-hybridized carbons (Fsp3) is 0. The molecule has 0 fully saturated rings. The van der Waals surface area contributed by atoms with Crippen LogP contribution in [0.25, 0.3) is 0 Å². The monoisotopic (exact) mass is 177 g/mol. The van der Waals surface area contributed by atoms with E-state index in [0.29, 0.717) is 0 Å². The van der Waals surface area contributed by atoms with E-state index in [1.807, 2.05) is 0 Å². The third kappa shape index (κ3) is 29.3. The van der Waals surface area contributed by atoms with Crippen molar-refractivity contribution in [3.05, 3.63) is 0 Å². The van der Waals surface area contributed by atoms with Crippen molar-refractivity contribution in [3.63, 3.8) is 0 Å². The van der Waals surface area contributed by atoms with Crippen LogP contribution in [0.1, 0.15) is 0 Å². The van der Waals surface area contributed by atoms with Crippen molar-refractivity contribution in [2.75, 3.05) is 0 Å². The Labute approximate surface area is 54.9 Å². The first-order chi connectivity index (χ1) is 2.41. The summed E-state index contributed by atoms with van der Waals surface area (Å²) in [7, 11) is 9.29. The molecule has 0 radical (unpaired) electrons. The van der Waals surface area contributed by atoms with Gasteiger partial charge in [-0.15, -0.1) is 0 Å². The fourth-order valence-electron chi connectivity index (χ4n) is 0. The van der Waals surface area contributed by atoms with Crippen LogP contribution in [0.5, 0.6) is 0 Å². The van der Waals surface area contributed by atoms with Crippen molar-refractivity contribution in [1.82, 2.24) is 0 Å². The number of hydrogen-bond acceptors (Lipinski definition) is 1. The Kier molecular flexibility index (Phi) is 34.5. The molecule has 0 aromatic heterocycles. The molecule has 0 unspecified atom stereocenters. The van der Waals surface area contributed by atoms with Crippen LogP contribution in [0.2, 0.25) is 0 Å². The Morgan fingerprint density at radius 2 is 1.60 bits per heavy atom. The topological polar surface area (TPSA) is 17.1 Å². The Morgan fingerprint density at radius 3 is 1.60 bits per heavy atom. The van der Waals surface area contributed by atoms with Crippen molar-refractivity contribution in [1.29, 1.82) is 0 Å². The van der Waals surface area contributed by atoms with Gasteiger partial charge in [-0.25, -0.2) is 0 Å². The van der Waals surface area contributed by atoms with E-state index in [1.54, 1.807) is 0 Å². The van der Waals surface area contributed by atoms with Crippen LogP contribution in [-0.2, 0) is 21.1 Å². The molecule has 5 heteroatoms. The summed E-state index contributed by atoms with van der Waals surface area (Å²) in [5.74, 6) is 0. The van der Waals surface area contributed by atoms with Gasteiger partial charge in [-0.1, -0.05) is 0 Å². The maximum absolute atomic E-state index is 8.78. The summed E-state index contributed by atoms with van der Waals surface area (Å²) in [5.41, 5.74) is 0. The molecule has 0 bridgehead atoms. The predicted molar refractivity (Wildman–Crippen MR) is 18.1 cm³/mol. The van der Waals surface area contributed by atoms with Crippen LogP contribution in [0.15, 0.2) is 0 Å². The normalized spacial score (nSPS) is 3.20. The molecule has 0 aromatic rings. The molecular weight excluding hydrogens is 179 g/mol. The molecule has 0 spiro atoms. The zero-order valence-corrected chi connectivity index (χ0v) is 8.08. The molecule has 0 aromatic carbocycles. The molecule has 0 heterocycles. The van der Waals surface area contributed by atoms with E-state index in [0.717, 1.165) is 17.3 Å². The molecule has 0 rings (SSSR count). The minimum atomic E-state index is -1.03. The molecule has 5 heavy (non-hydrogen) atoms. The Morgan fingerprint density at radius 1 is 1.60 bits per heavy atom. The quantitative estimate of drug-likeness (QED) is 0.504. The summed E-state index contributed by atoms with van der Waals surface area (Å²) in [6.45, 7) is 0. The third-order valence-corrected chi connectivity index (χ3v) is 0. The van der Waals surface area contributed by atoms with Crippen molar-refractivity contribution < 1.29 is 21.1 Å². The van der Waals surface area contributed by atoms with Gasteiger partial charge < -0.3 is 0 Å². The standard InChI is InChI=1S/Al.2ClH.O.Zn/h;2*1H;;/q+1;;;;+1/p-2. The first kappa shape index (κ1) is 9.74. The predicted octanol–water partition coefficient (Wildman–Crippen LogP) is 0.877. The molecule has 0 N–H and O–H groups in total. The molecule has 25 valence electrons. The molecule has 0 aliphatic carbocycles. The first-order valence-corrected chi connectivity index (χ1v) is 6.84. The van der Waals surface area contributed by atoms with Gasteiger partial charge in [0.15, 0.2) is 0 Å². The molecule has 0 aliphatic rings. The Hall–Kier alpha value is 1.54. The Bertz CT molecular complexity index is 17.1. The summed E-state index contributed by atoms with van der Waals surface area (Å²) >= 11 is -0.181.